The van der Waals surface area contributed by atoms with E-state index >= 15 is 0 Å². The molecular weight excluding hydrogens is 266 g/mol. The fourth-order valence-electron chi connectivity index (χ4n) is 1.61. The molecule has 0 spiro atoms. The molecule has 0 aromatic heterocycles. The number of carbonyl (C=O) groups is 3. The first kappa shape index (κ1) is 16.3. The lowest BCUT2D eigenvalue weighted by molar-refractivity contribution is -0.240. The summed E-state index contributed by atoms with van der Waals surface area (Å²) in [4.78, 5) is 34.7. The lowest BCUT2D eigenvalue weighted by atomic mass is 10.0. The molecule has 1 aliphatic rings. The number of amides is 1. The first-order valence-corrected chi connectivity index (χ1v) is 6.43. The van der Waals surface area contributed by atoms with Crippen molar-refractivity contribution in [2.24, 2.45) is 5.92 Å². The molecule has 1 saturated heterocycles. The van der Waals surface area contributed by atoms with Gasteiger partial charge in [0.2, 0.25) is 0 Å². The molecule has 0 unspecified atom stereocenters. The van der Waals surface area contributed by atoms with E-state index in [0.29, 0.717) is 0 Å². The summed E-state index contributed by atoms with van der Waals surface area (Å²) in [6.45, 7) is 8.31. The highest BCUT2D eigenvalue weighted by Gasteiger charge is 2.42. The van der Waals surface area contributed by atoms with Gasteiger partial charge in [0.25, 0.3) is 5.79 Å². The third kappa shape index (κ3) is 5.07. The van der Waals surface area contributed by atoms with Gasteiger partial charge in [0, 0.05) is 20.4 Å². The van der Waals surface area contributed by atoms with E-state index in [4.69, 9.17) is 14.2 Å². The molecule has 0 aliphatic carbocycles. The Bertz CT molecular complexity index is 390. The molecule has 1 rings (SSSR count). The fourth-order valence-corrected chi connectivity index (χ4v) is 1.61. The highest BCUT2D eigenvalue weighted by atomic mass is 16.7. The number of hydrogen-bond donors (Lipinski definition) is 1. The topological polar surface area (TPSA) is 90.9 Å². The number of ether oxygens (including phenoxy) is 3. The maximum absolute atomic E-state index is 11.7. The fraction of sp³-hybridized carbons (Fsp3) is 0.769. The van der Waals surface area contributed by atoms with Crippen LogP contribution in [-0.2, 0) is 23.8 Å². The van der Waals surface area contributed by atoms with Crippen LogP contribution >= 0.6 is 0 Å². The van der Waals surface area contributed by atoms with Crippen molar-refractivity contribution in [2.45, 2.75) is 52.4 Å². The number of cyclic esters (lactones) is 2. The van der Waals surface area contributed by atoms with Crippen LogP contribution in [0.4, 0.5) is 4.79 Å². The first-order valence-electron chi connectivity index (χ1n) is 6.43. The maximum Gasteiger partial charge on any atom is 0.407 e. The molecule has 1 amide bonds. The van der Waals surface area contributed by atoms with Gasteiger partial charge in [-0.2, -0.15) is 0 Å². The third-order valence-corrected chi connectivity index (χ3v) is 2.36. The van der Waals surface area contributed by atoms with Gasteiger partial charge in [0.1, 0.15) is 5.60 Å². The summed E-state index contributed by atoms with van der Waals surface area (Å²) >= 11 is 0. The molecule has 114 valence electrons. The Kier molecular flexibility index (Phi) is 4.62. The second kappa shape index (κ2) is 5.68. The monoisotopic (exact) mass is 287 g/mol. The van der Waals surface area contributed by atoms with Crippen molar-refractivity contribution in [1.29, 1.82) is 0 Å². The Labute approximate surface area is 117 Å². The molecule has 20 heavy (non-hydrogen) atoms. The Balaban J connectivity index is 2.41. The molecule has 1 aliphatic heterocycles. The van der Waals surface area contributed by atoms with E-state index in [1.54, 1.807) is 20.8 Å². The van der Waals surface area contributed by atoms with Gasteiger partial charge in [0.15, 0.2) is 5.92 Å². The average Bonchev–Trinajstić information content (AvgIpc) is 2.17. The SMILES string of the molecule is CC(C)(C)OC(=O)NCCC1C(=O)OC(C)(C)OC1=O. The minimum absolute atomic E-state index is 0.104. The number of esters is 2. The van der Waals surface area contributed by atoms with Crippen molar-refractivity contribution >= 4 is 18.0 Å². The molecule has 1 heterocycles. The molecule has 0 bridgehead atoms. The van der Waals surface area contributed by atoms with Crippen LogP contribution < -0.4 is 5.32 Å². The van der Waals surface area contributed by atoms with Gasteiger partial charge in [-0.1, -0.05) is 0 Å². The zero-order valence-corrected chi connectivity index (χ0v) is 12.4. The van der Waals surface area contributed by atoms with Crippen molar-refractivity contribution in [3.05, 3.63) is 0 Å². The van der Waals surface area contributed by atoms with Crippen molar-refractivity contribution in [1.82, 2.24) is 5.32 Å². The van der Waals surface area contributed by atoms with Gasteiger partial charge < -0.3 is 19.5 Å². The smallest absolute Gasteiger partial charge is 0.407 e. The summed E-state index contributed by atoms with van der Waals surface area (Å²) in [5.41, 5.74) is -0.600. The zero-order chi connectivity index (χ0) is 15.6. The lowest BCUT2D eigenvalue weighted by Crippen LogP contribution is -2.47. The van der Waals surface area contributed by atoms with Crippen LogP contribution in [0, 0.1) is 5.92 Å². The summed E-state index contributed by atoms with van der Waals surface area (Å²) in [7, 11) is 0. The van der Waals surface area contributed by atoms with E-state index < -0.39 is 35.3 Å². The lowest BCUT2D eigenvalue weighted by Gasteiger charge is -2.32. The second-order valence-electron chi connectivity index (χ2n) is 6.01. The summed E-state index contributed by atoms with van der Waals surface area (Å²) in [6, 6.07) is 0. The quantitative estimate of drug-likeness (QED) is 0.622. The van der Waals surface area contributed by atoms with E-state index in [1.165, 1.54) is 13.8 Å². The van der Waals surface area contributed by atoms with Gasteiger partial charge in [-0.25, -0.2) is 4.79 Å². The highest BCUT2D eigenvalue weighted by molar-refractivity contribution is 5.96. The number of hydrogen-bond acceptors (Lipinski definition) is 6. The maximum atomic E-state index is 11.7. The van der Waals surface area contributed by atoms with E-state index in [9.17, 15) is 14.4 Å². The van der Waals surface area contributed by atoms with Gasteiger partial charge in [0.05, 0.1) is 0 Å². The largest absolute Gasteiger partial charge is 0.444 e. The van der Waals surface area contributed by atoms with Crippen LogP contribution in [-0.4, -0.2) is 36.0 Å². The summed E-state index contributed by atoms with van der Waals surface area (Å²) < 4.78 is 15.0. The third-order valence-electron chi connectivity index (χ3n) is 2.36. The van der Waals surface area contributed by atoms with Gasteiger partial charge in [-0.15, -0.1) is 0 Å². The molecular formula is C13H21NO6. The molecule has 0 aromatic rings. The van der Waals surface area contributed by atoms with Gasteiger partial charge in [-0.05, 0) is 27.2 Å². The van der Waals surface area contributed by atoms with Crippen LogP contribution in [0.2, 0.25) is 0 Å². The molecule has 7 heteroatoms. The van der Waals surface area contributed by atoms with Gasteiger partial charge in [-0.3, -0.25) is 9.59 Å². The Hall–Kier alpha value is -1.79. The van der Waals surface area contributed by atoms with Crippen LogP contribution in [0.1, 0.15) is 41.0 Å². The Morgan fingerprint density at radius 2 is 1.75 bits per heavy atom. The Morgan fingerprint density at radius 3 is 2.20 bits per heavy atom. The van der Waals surface area contributed by atoms with Crippen LogP contribution in [0.15, 0.2) is 0 Å². The normalized spacial score (nSPS) is 19.1. The van der Waals surface area contributed by atoms with E-state index in [0.717, 1.165) is 0 Å². The average molecular weight is 287 g/mol. The molecule has 1 fully saturated rings. The van der Waals surface area contributed by atoms with E-state index in [-0.39, 0.29) is 13.0 Å². The van der Waals surface area contributed by atoms with Crippen LogP contribution in [0.25, 0.3) is 0 Å². The standard InChI is InChI=1S/C13H21NO6/c1-12(2,3)20-11(17)14-7-6-8-9(15)18-13(4,5)19-10(8)16/h8H,6-7H2,1-5H3,(H,14,17). The van der Waals surface area contributed by atoms with Crippen molar-refractivity contribution in [3.8, 4) is 0 Å². The first-order chi connectivity index (χ1) is 9.00. The number of nitrogens with one attached hydrogen (secondary N) is 1. The number of carbonyl (C=O) groups excluding carboxylic acids is 3. The summed E-state index contributed by atoms with van der Waals surface area (Å²) in [5.74, 6) is -3.53. The minimum Gasteiger partial charge on any atom is -0.444 e. The summed E-state index contributed by atoms with van der Waals surface area (Å²) in [5, 5.41) is 2.47. The van der Waals surface area contributed by atoms with Crippen LogP contribution in [0.5, 0.6) is 0 Å². The van der Waals surface area contributed by atoms with Crippen molar-refractivity contribution in [3.63, 3.8) is 0 Å². The van der Waals surface area contributed by atoms with Gasteiger partial charge >= 0.3 is 18.0 Å². The minimum atomic E-state index is -1.23. The van der Waals surface area contributed by atoms with Crippen molar-refractivity contribution in [2.75, 3.05) is 6.54 Å². The highest BCUT2D eigenvalue weighted by Crippen LogP contribution is 2.24. The summed E-state index contributed by atoms with van der Waals surface area (Å²) in [6.07, 6.45) is -0.497. The number of rotatable bonds is 3. The predicted octanol–water partition coefficient (Wildman–Crippen LogP) is 1.35. The zero-order valence-electron chi connectivity index (χ0n) is 12.4. The molecule has 0 radical (unpaired) electrons. The molecule has 0 atom stereocenters. The van der Waals surface area contributed by atoms with E-state index in [1.807, 2.05) is 0 Å². The molecule has 1 N–H and O–H groups in total. The molecule has 0 aromatic carbocycles. The Morgan fingerprint density at radius 1 is 1.25 bits per heavy atom. The molecule has 0 saturated carbocycles. The number of alkyl carbamates (subject to hydrolysis) is 1. The second-order valence-corrected chi connectivity index (χ2v) is 6.01. The van der Waals surface area contributed by atoms with Crippen LogP contribution in [0.3, 0.4) is 0 Å². The van der Waals surface area contributed by atoms with E-state index in [2.05, 4.69) is 5.32 Å². The van der Waals surface area contributed by atoms with Crippen molar-refractivity contribution < 1.29 is 28.6 Å². The predicted molar refractivity (Wildman–Crippen MR) is 68.6 cm³/mol. The molecule has 7 nitrogen and oxygen atoms in total.